The maximum Gasteiger partial charge on any atom is 0.522 e. The molecule has 74 valence electrons. The Morgan fingerprint density at radius 2 is 1.75 bits per heavy atom. The lowest BCUT2D eigenvalue weighted by atomic mass is 10.1. The average Bonchev–Trinajstić information content (AvgIpc) is 1.84. The predicted molar refractivity (Wildman–Crippen MR) is 31.8 cm³/mol. The summed E-state index contributed by atoms with van der Waals surface area (Å²) in [4.78, 5) is 0. The summed E-state index contributed by atoms with van der Waals surface area (Å²) in [6.07, 6.45) is -7.61. The summed E-state index contributed by atoms with van der Waals surface area (Å²) in [5.41, 5.74) is 0. The monoisotopic (exact) mass is 192 g/mol. The Hall–Kier alpha value is -0.390. The van der Waals surface area contributed by atoms with E-state index in [2.05, 4.69) is 4.74 Å². The summed E-state index contributed by atoms with van der Waals surface area (Å²) >= 11 is 0. The van der Waals surface area contributed by atoms with Crippen molar-refractivity contribution in [2.75, 3.05) is 6.61 Å². The first-order valence-electron chi connectivity index (χ1n) is 3.32. The van der Waals surface area contributed by atoms with Gasteiger partial charge in [-0.3, -0.25) is 4.74 Å². The smallest absolute Gasteiger partial charge is 0.292 e. The van der Waals surface area contributed by atoms with Gasteiger partial charge in [0.2, 0.25) is 6.43 Å². The molecule has 1 nitrogen and oxygen atoms in total. The van der Waals surface area contributed by atoms with E-state index in [0.29, 0.717) is 0 Å². The lowest BCUT2D eigenvalue weighted by Gasteiger charge is -2.11. The van der Waals surface area contributed by atoms with Gasteiger partial charge in [-0.1, -0.05) is 6.92 Å². The number of ether oxygens (including phenoxy) is 1. The van der Waals surface area contributed by atoms with Crippen LogP contribution in [0, 0.1) is 5.92 Å². The molecule has 0 N–H and O–H groups in total. The number of rotatable bonds is 4. The molecule has 0 heterocycles. The lowest BCUT2D eigenvalue weighted by Crippen LogP contribution is -2.17. The van der Waals surface area contributed by atoms with Crippen LogP contribution in [0.5, 0.6) is 0 Å². The van der Waals surface area contributed by atoms with Crippen LogP contribution in [0.2, 0.25) is 0 Å². The molecule has 0 radical (unpaired) electrons. The van der Waals surface area contributed by atoms with Crippen LogP contribution in [-0.4, -0.2) is 19.4 Å². The molecule has 0 saturated carbocycles. The Bertz CT molecular complexity index is 122. The van der Waals surface area contributed by atoms with Crippen molar-refractivity contribution in [1.29, 1.82) is 0 Å². The molecule has 1 atom stereocenters. The van der Waals surface area contributed by atoms with Crippen molar-refractivity contribution < 1.29 is 26.7 Å². The molecular formula is C6H9F5O. The van der Waals surface area contributed by atoms with Crippen molar-refractivity contribution in [3.05, 3.63) is 0 Å². The van der Waals surface area contributed by atoms with Gasteiger partial charge < -0.3 is 0 Å². The molecule has 12 heavy (non-hydrogen) atoms. The highest BCUT2D eigenvalue weighted by atomic mass is 19.4. The number of hydrogen-bond donors (Lipinski definition) is 0. The third kappa shape index (κ3) is 6.33. The SMILES string of the molecule is CC(CCOC(F)(F)F)C(F)F. The molecule has 0 spiro atoms. The maximum absolute atomic E-state index is 11.7. The van der Waals surface area contributed by atoms with E-state index in [1.54, 1.807) is 0 Å². The first kappa shape index (κ1) is 11.6. The minimum Gasteiger partial charge on any atom is -0.292 e. The molecule has 0 saturated heterocycles. The molecule has 0 aliphatic heterocycles. The molecule has 0 bridgehead atoms. The van der Waals surface area contributed by atoms with Crippen molar-refractivity contribution >= 4 is 0 Å². The minimum atomic E-state index is -4.72. The van der Waals surface area contributed by atoms with Gasteiger partial charge in [0.25, 0.3) is 0 Å². The largest absolute Gasteiger partial charge is 0.522 e. The van der Waals surface area contributed by atoms with Crippen molar-refractivity contribution in [2.45, 2.75) is 26.1 Å². The van der Waals surface area contributed by atoms with Crippen LogP contribution in [0.4, 0.5) is 22.0 Å². The molecule has 0 fully saturated rings. The van der Waals surface area contributed by atoms with Gasteiger partial charge in [0, 0.05) is 5.92 Å². The second-order valence-corrected chi connectivity index (χ2v) is 2.39. The summed E-state index contributed by atoms with van der Waals surface area (Å²) < 4.78 is 60.6. The van der Waals surface area contributed by atoms with Crippen LogP contribution in [0.3, 0.4) is 0 Å². The van der Waals surface area contributed by atoms with Gasteiger partial charge in [0.15, 0.2) is 0 Å². The van der Waals surface area contributed by atoms with E-state index in [4.69, 9.17) is 0 Å². The van der Waals surface area contributed by atoms with Gasteiger partial charge >= 0.3 is 6.36 Å². The quantitative estimate of drug-likeness (QED) is 0.622. The summed E-state index contributed by atoms with van der Waals surface area (Å²) in [5, 5.41) is 0. The minimum absolute atomic E-state index is 0.294. The van der Waals surface area contributed by atoms with Crippen LogP contribution in [0.15, 0.2) is 0 Å². The van der Waals surface area contributed by atoms with Gasteiger partial charge in [-0.05, 0) is 6.42 Å². The summed E-state index contributed by atoms with van der Waals surface area (Å²) in [7, 11) is 0. The summed E-state index contributed by atoms with van der Waals surface area (Å²) in [6.45, 7) is 0.458. The van der Waals surface area contributed by atoms with Gasteiger partial charge in [0.1, 0.15) is 0 Å². The maximum atomic E-state index is 11.7. The number of halogens is 5. The first-order chi connectivity index (χ1) is 5.33. The summed E-state index contributed by atoms with van der Waals surface area (Å²) in [6, 6.07) is 0. The molecule has 6 heteroatoms. The van der Waals surface area contributed by atoms with E-state index >= 15 is 0 Å². The molecule has 0 aromatic carbocycles. The number of alkyl halides is 5. The molecule has 0 aromatic rings. The predicted octanol–water partition coefficient (Wildman–Crippen LogP) is 2.81. The van der Waals surface area contributed by atoms with E-state index in [0.717, 1.165) is 0 Å². The highest BCUT2D eigenvalue weighted by Gasteiger charge is 2.29. The zero-order chi connectivity index (χ0) is 9.78. The van der Waals surface area contributed by atoms with Gasteiger partial charge in [-0.2, -0.15) is 0 Å². The molecule has 0 amide bonds. The average molecular weight is 192 g/mol. The fourth-order valence-electron chi connectivity index (χ4n) is 0.487. The highest BCUT2D eigenvalue weighted by molar-refractivity contribution is 4.53. The standard InChI is InChI=1S/C6H9F5O/c1-4(5(7)8)2-3-12-6(9,10)11/h4-5H,2-3H2,1H3. The van der Waals surface area contributed by atoms with Crippen LogP contribution in [0.25, 0.3) is 0 Å². The van der Waals surface area contributed by atoms with E-state index in [1.165, 1.54) is 6.92 Å². The van der Waals surface area contributed by atoms with E-state index in [9.17, 15) is 22.0 Å². The Balaban J connectivity index is 3.44. The van der Waals surface area contributed by atoms with Crippen molar-refractivity contribution in [3.8, 4) is 0 Å². The normalized spacial score (nSPS) is 15.2. The Labute approximate surface area is 66.5 Å². The van der Waals surface area contributed by atoms with E-state index in [1.807, 2.05) is 0 Å². The van der Waals surface area contributed by atoms with Crippen LogP contribution in [-0.2, 0) is 4.74 Å². The summed E-state index contributed by atoms with van der Waals surface area (Å²) in [5.74, 6) is -1.06. The fraction of sp³-hybridized carbons (Fsp3) is 1.00. The molecule has 0 aliphatic rings. The fourth-order valence-corrected chi connectivity index (χ4v) is 0.487. The van der Waals surface area contributed by atoms with Crippen LogP contribution in [0.1, 0.15) is 13.3 Å². The Morgan fingerprint density at radius 3 is 2.08 bits per heavy atom. The molecule has 1 unspecified atom stereocenters. The lowest BCUT2D eigenvalue weighted by molar-refractivity contribution is -0.325. The third-order valence-electron chi connectivity index (χ3n) is 1.27. The van der Waals surface area contributed by atoms with Crippen molar-refractivity contribution in [2.24, 2.45) is 5.92 Å². The molecule has 0 aromatic heterocycles. The molecule has 0 aliphatic carbocycles. The van der Waals surface area contributed by atoms with E-state index < -0.39 is 25.3 Å². The third-order valence-corrected chi connectivity index (χ3v) is 1.27. The zero-order valence-corrected chi connectivity index (χ0v) is 6.37. The van der Waals surface area contributed by atoms with Crippen LogP contribution >= 0.6 is 0 Å². The Morgan fingerprint density at radius 1 is 1.25 bits per heavy atom. The topological polar surface area (TPSA) is 9.23 Å². The molecular weight excluding hydrogens is 183 g/mol. The molecule has 0 rings (SSSR count). The Kier molecular flexibility index (Phi) is 4.44. The van der Waals surface area contributed by atoms with Crippen molar-refractivity contribution in [3.63, 3.8) is 0 Å². The zero-order valence-electron chi connectivity index (χ0n) is 6.37. The second kappa shape index (κ2) is 4.59. The highest BCUT2D eigenvalue weighted by Crippen LogP contribution is 2.19. The van der Waals surface area contributed by atoms with Gasteiger partial charge in [0.05, 0.1) is 6.61 Å². The van der Waals surface area contributed by atoms with E-state index in [-0.39, 0.29) is 6.42 Å². The first-order valence-corrected chi connectivity index (χ1v) is 3.32. The second-order valence-electron chi connectivity index (χ2n) is 2.39. The van der Waals surface area contributed by atoms with Gasteiger partial charge in [-0.15, -0.1) is 13.2 Å². The van der Waals surface area contributed by atoms with Gasteiger partial charge in [-0.25, -0.2) is 8.78 Å². The number of hydrogen-bond acceptors (Lipinski definition) is 1. The van der Waals surface area contributed by atoms with Crippen molar-refractivity contribution in [1.82, 2.24) is 0 Å². The van der Waals surface area contributed by atoms with Crippen LogP contribution < -0.4 is 0 Å².